The Balaban J connectivity index is 1.62. The summed E-state index contributed by atoms with van der Waals surface area (Å²) in [7, 11) is 0. The van der Waals surface area contributed by atoms with E-state index < -0.39 is 0 Å². The van der Waals surface area contributed by atoms with Crippen LogP contribution in [0, 0.1) is 5.82 Å². The molecule has 4 rings (SSSR count). The van der Waals surface area contributed by atoms with Gasteiger partial charge in [0.05, 0.1) is 0 Å². The summed E-state index contributed by atoms with van der Waals surface area (Å²) < 4.78 is 14.5. The standard InChI is InChI=1S/C19H17FN4O2/c20-14-4-6-15(7-5-14)22-9-11-23(12-10-22)18-16(13-25)19(26)24-8-2-1-3-17(24)21-18/h1-8,13H,9-12H2. The van der Waals surface area contributed by atoms with Crippen LogP contribution in [0.2, 0.25) is 0 Å². The number of benzene rings is 1. The van der Waals surface area contributed by atoms with Crippen LogP contribution in [0.25, 0.3) is 5.65 Å². The van der Waals surface area contributed by atoms with Gasteiger partial charge < -0.3 is 9.80 Å². The van der Waals surface area contributed by atoms with E-state index in [2.05, 4.69) is 9.88 Å². The summed E-state index contributed by atoms with van der Waals surface area (Å²) in [5.74, 6) is 0.166. The van der Waals surface area contributed by atoms with Crippen molar-refractivity contribution in [2.75, 3.05) is 36.0 Å². The fraction of sp³-hybridized carbons (Fsp3) is 0.211. The Hall–Kier alpha value is -3.22. The summed E-state index contributed by atoms with van der Waals surface area (Å²) in [6.45, 7) is 2.63. The molecule has 1 aliphatic heterocycles. The average molecular weight is 352 g/mol. The van der Waals surface area contributed by atoms with Gasteiger partial charge in [0, 0.05) is 38.1 Å². The third kappa shape index (κ3) is 2.81. The molecule has 1 aromatic carbocycles. The summed E-state index contributed by atoms with van der Waals surface area (Å²) >= 11 is 0. The monoisotopic (exact) mass is 352 g/mol. The summed E-state index contributed by atoms with van der Waals surface area (Å²) in [6.07, 6.45) is 2.18. The average Bonchev–Trinajstić information content (AvgIpc) is 2.69. The lowest BCUT2D eigenvalue weighted by Crippen LogP contribution is -2.47. The van der Waals surface area contributed by atoms with Crippen molar-refractivity contribution in [3.8, 4) is 0 Å². The smallest absolute Gasteiger partial charge is 0.270 e. The van der Waals surface area contributed by atoms with Gasteiger partial charge in [0.15, 0.2) is 6.29 Å². The van der Waals surface area contributed by atoms with Crippen molar-refractivity contribution in [1.82, 2.24) is 9.38 Å². The van der Waals surface area contributed by atoms with Crippen LogP contribution in [0.1, 0.15) is 10.4 Å². The van der Waals surface area contributed by atoms with E-state index in [1.54, 1.807) is 36.5 Å². The zero-order valence-corrected chi connectivity index (χ0v) is 14.0. The molecule has 0 saturated carbocycles. The molecule has 6 nitrogen and oxygen atoms in total. The second-order valence-electron chi connectivity index (χ2n) is 6.15. The topological polar surface area (TPSA) is 57.9 Å². The number of rotatable bonds is 3. The van der Waals surface area contributed by atoms with Gasteiger partial charge in [-0.05, 0) is 36.4 Å². The molecule has 3 heterocycles. The van der Waals surface area contributed by atoms with E-state index in [9.17, 15) is 14.0 Å². The highest BCUT2D eigenvalue weighted by molar-refractivity contribution is 5.83. The number of pyridine rings is 1. The zero-order valence-electron chi connectivity index (χ0n) is 14.0. The number of aromatic nitrogens is 2. The van der Waals surface area contributed by atoms with E-state index in [4.69, 9.17) is 0 Å². The molecular weight excluding hydrogens is 335 g/mol. The van der Waals surface area contributed by atoms with Gasteiger partial charge >= 0.3 is 0 Å². The number of hydrogen-bond donors (Lipinski definition) is 0. The Morgan fingerprint density at radius 1 is 0.962 bits per heavy atom. The molecule has 0 N–H and O–H groups in total. The maximum absolute atomic E-state index is 13.1. The maximum atomic E-state index is 13.1. The first-order chi connectivity index (χ1) is 12.7. The number of hydrogen-bond acceptors (Lipinski definition) is 5. The molecule has 3 aromatic rings. The van der Waals surface area contributed by atoms with Gasteiger partial charge in [0.2, 0.25) is 0 Å². The first-order valence-electron chi connectivity index (χ1n) is 8.39. The lowest BCUT2D eigenvalue weighted by atomic mass is 10.2. The minimum atomic E-state index is -0.360. The van der Waals surface area contributed by atoms with E-state index in [1.165, 1.54) is 16.5 Å². The van der Waals surface area contributed by atoms with Crippen LogP contribution < -0.4 is 15.4 Å². The lowest BCUT2D eigenvalue weighted by molar-refractivity contribution is 0.112. The van der Waals surface area contributed by atoms with Gasteiger partial charge in [0.25, 0.3) is 5.56 Å². The molecule has 0 radical (unpaired) electrons. The summed E-state index contributed by atoms with van der Waals surface area (Å²) in [4.78, 5) is 32.7. The number of aldehydes is 1. The van der Waals surface area contributed by atoms with Gasteiger partial charge in [-0.3, -0.25) is 14.0 Å². The van der Waals surface area contributed by atoms with E-state index in [0.717, 1.165) is 5.69 Å². The van der Waals surface area contributed by atoms with Crippen LogP contribution in [0.5, 0.6) is 0 Å². The molecule has 1 saturated heterocycles. The molecular formula is C19H17FN4O2. The molecule has 7 heteroatoms. The van der Waals surface area contributed by atoms with Gasteiger partial charge in [-0.15, -0.1) is 0 Å². The molecule has 2 aromatic heterocycles. The predicted molar refractivity (Wildman–Crippen MR) is 97.7 cm³/mol. The van der Waals surface area contributed by atoms with E-state index >= 15 is 0 Å². The van der Waals surface area contributed by atoms with Crippen molar-refractivity contribution in [2.24, 2.45) is 0 Å². The van der Waals surface area contributed by atoms with E-state index in [-0.39, 0.29) is 16.9 Å². The number of nitrogens with zero attached hydrogens (tertiary/aromatic N) is 4. The molecule has 1 aliphatic rings. The minimum Gasteiger partial charge on any atom is -0.368 e. The third-order valence-electron chi connectivity index (χ3n) is 4.64. The first-order valence-corrected chi connectivity index (χ1v) is 8.39. The molecule has 0 unspecified atom stereocenters. The lowest BCUT2D eigenvalue weighted by Gasteiger charge is -2.37. The summed E-state index contributed by atoms with van der Waals surface area (Å²) in [6, 6.07) is 11.7. The van der Waals surface area contributed by atoms with Gasteiger partial charge in [0.1, 0.15) is 22.8 Å². The highest BCUT2D eigenvalue weighted by atomic mass is 19.1. The van der Waals surface area contributed by atoms with Crippen LogP contribution >= 0.6 is 0 Å². The third-order valence-corrected chi connectivity index (χ3v) is 4.64. The van der Waals surface area contributed by atoms with E-state index in [0.29, 0.717) is 43.9 Å². The molecule has 0 amide bonds. The van der Waals surface area contributed by atoms with E-state index in [1.807, 2.05) is 4.90 Å². The molecule has 0 aliphatic carbocycles. The highest BCUT2D eigenvalue weighted by Crippen LogP contribution is 2.21. The largest absolute Gasteiger partial charge is 0.368 e. The van der Waals surface area contributed by atoms with Crippen LogP contribution in [-0.2, 0) is 0 Å². The Labute approximate surface area is 149 Å². The predicted octanol–water partition coefficient (Wildman–Crippen LogP) is 1.97. The molecule has 0 bridgehead atoms. The first kappa shape index (κ1) is 16.3. The normalized spacial score (nSPS) is 14.7. The molecule has 26 heavy (non-hydrogen) atoms. The van der Waals surface area contributed by atoms with Crippen LogP contribution in [-0.4, -0.2) is 41.8 Å². The summed E-state index contributed by atoms with van der Waals surface area (Å²) in [5, 5.41) is 0. The second-order valence-corrected chi connectivity index (χ2v) is 6.15. The van der Waals surface area contributed by atoms with Crippen molar-refractivity contribution < 1.29 is 9.18 Å². The number of anilines is 2. The Bertz CT molecular complexity index is 1010. The summed E-state index contributed by atoms with van der Waals surface area (Å²) in [5.41, 5.74) is 1.18. The number of carbonyl (C=O) groups is 1. The van der Waals surface area contributed by atoms with Gasteiger partial charge in [-0.1, -0.05) is 6.07 Å². The van der Waals surface area contributed by atoms with Gasteiger partial charge in [-0.25, -0.2) is 9.37 Å². The Morgan fingerprint density at radius 2 is 1.65 bits per heavy atom. The fourth-order valence-corrected chi connectivity index (χ4v) is 3.26. The highest BCUT2D eigenvalue weighted by Gasteiger charge is 2.23. The number of carbonyl (C=O) groups excluding carboxylic acids is 1. The van der Waals surface area contributed by atoms with Crippen LogP contribution in [0.4, 0.5) is 15.9 Å². The zero-order chi connectivity index (χ0) is 18.1. The van der Waals surface area contributed by atoms with Crippen molar-refractivity contribution >= 4 is 23.4 Å². The SMILES string of the molecule is O=Cc1c(N2CCN(c3ccc(F)cc3)CC2)nc2ccccn2c1=O. The van der Waals surface area contributed by atoms with Crippen LogP contribution in [0.3, 0.4) is 0 Å². The quantitative estimate of drug-likeness (QED) is 0.675. The van der Waals surface area contributed by atoms with Crippen molar-refractivity contribution in [3.05, 3.63) is 70.4 Å². The maximum Gasteiger partial charge on any atom is 0.270 e. The van der Waals surface area contributed by atoms with Crippen molar-refractivity contribution in [3.63, 3.8) is 0 Å². The second kappa shape index (κ2) is 6.59. The minimum absolute atomic E-state index is 0.0731. The molecule has 0 atom stereocenters. The van der Waals surface area contributed by atoms with Gasteiger partial charge in [-0.2, -0.15) is 0 Å². The number of piperazine rings is 1. The fourth-order valence-electron chi connectivity index (χ4n) is 3.26. The number of fused-ring (bicyclic) bond motifs is 1. The molecule has 1 fully saturated rings. The Kier molecular flexibility index (Phi) is 4.12. The number of halogens is 1. The molecule has 132 valence electrons. The Morgan fingerprint density at radius 3 is 2.35 bits per heavy atom. The van der Waals surface area contributed by atoms with Crippen molar-refractivity contribution in [2.45, 2.75) is 0 Å². The molecule has 0 spiro atoms. The van der Waals surface area contributed by atoms with Crippen LogP contribution in [0.15, 0.2) is 53.5 Å². The van der Waals surface area contributed by atoms with Crippen molar-refractivity contribution in [1.29, 1.82) is 0 Å².